The fraction of sp³-hybridized carbons (Fsp3) is 0.360. The summed E-state index contributed by atoms with van der Waals surface area (Å²) >= 11 is 0. The second-order valence-electron chi connectivity index (χ2n) is 8.94. The maximum absolute atomic E-state index is 12.2. The van der Waals surface area contributed by atoms with Crippen LogP contribution in [0.15, 0.2) is 47.5 Å². The lowest BCUT2D eigenvalue weighted by Gasteiger charge is -2.39. The molecule has 1 aliphatic rings. The SMILES string of the molecule is CCc1cc2ncc(CN3CC=C(c4ccc(C(=O)NC)nc4)C(C)(C)C3)cc2[nH]c1=O. The van der Waals surface area contributed by atoms with Crippen molar-refractivity contribution in [2.24, 2.45) is 5.41 Å². The van der Waals surface area contributed by atoms with Crippen LogP contribution in [0.2, 0.25) is 0 Å². The van der Waals surface area contributed by atoms with Gasteiger partial charge in [0.25, 0.3) is 11.5 Å². The molecule has 2 N–H and O–H groups in total. The van der Waals surface area contributed by atoms with Crippen molar-refractivity contribution in [3.05, 3.63) is 75.5 Å². The number of hydrogen-bond donors (Lipinski definition) is 2. The van der Waals surface area contributed by atoms with Crippen molar-refractivity contribution in [3.8, 4) is 0 Å². The number of fused-ring (bicyclic) bond motifs is 1. The number of hydrogen-bond acceptors (Lipinski definition) is 5. The van der Waals surface area contributed by atoms with E-state index in [1.54, 1.807) is 19.3 Å². The van der Waals surface area contributed by atoms with Gasteiger partial charge in [-0.15, -0.1) is 0 Å². The molecule has 0 fully saturated rings. The largest absolute Gasteiger partial charge is 0.354 e. The molecular formula is C25H29N5O2. The summed E-state index contributed by atoms with van der Waals surface area (Å²) in [5.74, 6) is -0.184. The Labute approximate surface area is 187 Å². The zero-order chi connectivity index (χ0) is 22.9. The molecule has 0 saturated carbocycles. The molecule has 166 valence electrons. The minimum Gasteiger partial charge on any atom is -0.354 e. The standard InChI is InChI=1S/C25H29N5O2/c1-5-17-11-21-22(29-23(17)31)10-16(12-27-21)14-30-9-8-19(25(2,3)15-30)18-6-7-20(28-13-18)24(32)26-4/h6-8,10-13H,5,9,14-15H2,1-4H3,(H,26,32)(H,29,31). The van der Waals surface area contributed by atoms with Crippen molar-refractivity contribution >= 4 is 22.5 Å². The molecule has 4 rings (SSSR count). The number of nitrogens with one attached hydrogen (secondary N) is 2. The Morgan fingerprint density at radius 3 is 2.69 bits per heavy atom. The lowest BCUT2D eigenvalue weighted by atomic mass is 9.78. The monoisotopic (exact) mass is 431 g/mol. The van der Waals surface area contributed by atoms with E-state index >= 15 is 0 Å². The van der Waals surface area contributed by atoms with Crippen molar-refractivity contribution in [2.45, 2.75) is 33.7 Å². The number of aryl methyl sites for hydroxylation is 1. The lowest BCUT2D eigenvalue weighted by molar-refractivity contribution is 0.0958. The van der Waals surface area contributed by atoms with E-state index in [1.165, 1.54) is 5.57 Å². The first-order valence-electron chi connectivity index (χ1n) is 10.9. The van der Waals surface area contributed by atoms with Gasteiger partial charge < -0.3 is 10.3 Å². The number of rotatable bonds is 5. The van der Waals surface area contributed by atoms with Crippen LogP contribution in [0.1, 0.15) is 48.0 Å². The quantitative estimate of drug-likeness (QED) is 0.648. The Balaban J connectivity index is 1.53. The molecular weight excluding hydrogens is 402 g/mol. The highest BCUT2D eigenvalue weighted by Gasteiger charge is 2.31. The van der Waals surface area contributed by atoms with Crippen molar-refractivity contribution < 1.29 is 4.79 Å². The summed E-state index contributed by atoms with van der Waals surface area (Å²) in [6.45, 7) is 8.84. The summed E-state index contributed by atoms with van der Waals surface area (Å²) in [5.41, 5.74) is 5.99. The van der Waals surface area contributed by atoms with E-state index in [0.29, 0.717) is 12.1 Å². The molecule has 0 atom stereocenters. The Kier molecular flexibility index (Phi) is 5.93. The molecule has 0 radical (unpaired) electrons. The number of pyridine rings is 3. The number of aromatic nitrogens is 3. The first-order chi connectivity index (χ1) is 15.3. The molecule has 0 spiro atoms. The predicted octanol–water partition coefficient (Wildman–Crippen LogP) is 3.17. The molecule has 7 nitrogen and oxygen atoms in total. The molecule has 0 bridgehead atoms. The molecule has 4 heterocycles. The van der Waals surface area contributed by atoms with Gasteiger partial charge in [0.1, 0.15) is 5.69 Å². The summed E-state index contributed by atoms with van der Waals surface area (Å²) in [7, 11) is 1.60. The van der Waals surface area contributed by atoms with Gasteiger partial charge in [0.05, 0.1) is 11.0 Å². The highest BCUT2D eigenvalue weighted by Crippen LogP contribution is 2.38. The van der Waals surface area contributed by atoms with E-state index in [2.05, 4.69) is 45.1 Å². The number of amides is 1. The van der Waals surface area contributed by atoms with Crippen LogP contribution in [0.25, 0.3) is 16.6 Å². The number of carbonyl (C=O) groups excluding carboxylic acids is 1. The molecule has 1 amide bonds. The molecule has 0 aliphatic carbocycles. The normalized spacial score (nSPS) is 16.1. The van der Waals surface area contributed by atoms with Crippen molar-refractivity contribution in [1.82, 2.24) is 25.2 Å². The van der Waals surface area contributed by atoms with Gasteiger partial charge in [0.2, 0.25) is 0 Å². The first-order valence-corrected chi connectivity index (χ1v) is 10.9. The van der Waals surface area contributed by atoms with Crippen LogP contribution < -0.4 is 10.9 Å². The average Bonchev–Trinajstić information content (AvgIpc) is 2.77. The minimum absolute atomic E-state index is 0.0401. The summed E-state index contributed by atoms with van der Waals surface area (Å²) in [4.78, 5) is 38.2. The van der Waals surface area contributed by atoms with Crippen LogP contribution in [-0.4, -0.2) is 45.9 Å². The second kappa shape index (κ2) is 8.67. The van der Waals surface area contributed by atoms with Crippen LogP contribution >= 0.6 is 0 Å². The molecule has 0 aromatic carbocycles. The summed E-state index contributed by atoms with van der Waals surface area (Å²) in [6, 6.07) is 7.63. The molecule has 0 unspecified atom stereocenters. The van der Waals surface area contributed by atoms with Gasteiger partial charge in [-0.3, -0.25) is 24.5 Å². The van der Waals surface area contributed by atoms with Crippen LogP contribution in [0.3, 0.4) is 0 Å². The molecule has 3 aromatic rings. The van der Waals surface area contributed by atoms with Gasteiger partial charge in [0.15, 0.2) is 0 Å². The second-order valence-corrected chi connectivity index (χ2v) is 8.94. The van der Waals surface area contributed by atoms with Gasteiger partial charge in [-0.05, 0) is 41.3 Å². The molecule has 7 heteroatoms. The van der Waals surface area contributed by atoms with Gasteiger partial charge >= 0.3 is 0 Å². The zero-order valence-corrected chi connectivity index (χ0v) is 19.0. The van der Waals surface area contributed by atoms with Crippen LogP contribution in [0.5, 0.6) is 0 Å². The smallest absolute Gasteiger partial charge is 0.269 e. The highest BCUT2D eigenvalue weighted by atomic mass is 16.1. The summed E-state index contributed by atoms with van der Waals surface area (Å²) in [6.07, 6.45) is 6.61. The van der Waals surface area contributed by atoms with Crippen LogP contribution in [0.4, 0.5) is 0 Å². The lowest BCUT2D eigenvalue weighted by Crippen LogP contribution is -2.38. The van der Waals surface area contributed by atoms with E-state index in [1.807, 2.05) is 31.3 Å². The fourth-order valence-electron chi connectivity index (χ4n) is 4.42. The molecule has 1 aliphatic heterocycles. The Hall–Kier alpha value is -3.32. The minimum atomic E-state index is -0.184. The third-order valence-electron chi connectivity index (χ3n) is 6.05. The van der Waals surface area contributed by atoms with Gasteiger partial charge in [-0.25, -0.2) is 0 Å². The molecule has 0 saturated heterocycles. The molecule has 3 aromatic heterocycles. The van der Waals surface area contributed by atoms with Crippen molar-refractivity contribution in [2.75, 3.05) is 20.1 Å². The Bertz CT molecular complexity index is 1240. The maximum atomic E-state index is 12.2. The van der Waals surface area contributed by atoms with E-state index in [9.17, 15) is 9.59 Å². The topological polar surface area (TPSA) is 91.0 Å². The zero-order valence-electron chi connectivity index (χ0n) is 19.0. The van der Waals surface area contributed by atoms with E-state index in [4.69, 9.17) is 0 Å². The number of nitrogens with zero attached hydrogens (tertiary/aromatic N) is 3. The third-order valence-corrected chi connectivity index (χ3v) is 6.05. The van der Waals surface area contributed by atoms with Gasteiger partial charge in [-0.2, -0.15) is 0 Å². The van der Waals surface area contributed by atoms with E-state index in [-0.39, 0.29) is 16.9 Å². The number of H-pyrrole nitrogens is 1. The van der Waals surface area contributed by atoms with Crippen molar-refractivity contribution in [1.29, 1.82) is 0 Å². The van der Waals surface area contributed by atoms with Crippen LogP contribution in [0, 0.1) is 5.41 Å². The van der Waals surface area contributed by atoms with Crippen molar-refractivity contribution in [3.63, 3.8) is 0 Å². The predicted molar refractivity (Wildman–Crippen MR) is 126 cm³/mol. The van der Waals surface area contributed by atoms with E-state index in [0.717, 1.165) is 47.4 Å². The Morgan fingerprint density at radius 2 is 2.03 bits per heavy atom. The maximum Gasteiger partial charge on any atom is 0.269 e. The average molecular weight is 432 g/mol. The summed E-state index contributed by atoms with van der Waals surface area (Å²) < 4.78 is 0. The van der Waals surface area contributed by atoms with Crippen LogP contribution in [-0.2, 0) is 13.0 Å². The Morgan fingerprint density at radius 1 is 1.22 bits per heavy atom. The fourth-order valence-corrected chi connectivity index (χ4v) is 4.42. The van der Waals surface area contributed by atoms with Gasteiger partial charge in [0, 0.05) is 50.1 Å². The highest BCUT2D eigenvalue weighted by molar-refractivity contribution is 5.92. The van der Waals surface area contributed by atoms with E-state index < -0.39 is 0 Å². The van der Waals surface area contributed by atoms with Gasteiger partial charge in [-0.1, -0.05) is 32.9 Å². The summed E-state index contributed by atoms with van der Waals surface area (Å²) in [5, 5.41) is 2.60. The third kappa shape index (κ3) is 4.34. The number of carbonyl (C=O) groups is 1. The first kappa shape index (κ1) is 21.9. The number of aromatic amines is 1. The molecule has 32 heavy (non-hydrogen) atoms.